The lowest BCUT2D eigenvalue weighted by atomic mass is 10.0. The van der Waals surface area contributed by atoms with Crippen LogP contribution in [0.4, 0.5) is 5.82 Å². The minimum Gasteiger partial charge on any atom is -0.356 e. The molecule has 0 spiro atoms. The average Bonchev–Trinajstić information content (AvgIpc) is 3.22. The van der Waals surface area contributed by atoms with Crippen LogP contribution in [0, 0.1) is 18.8 Å². The summed E-state index contributed by atoms with van der Waals surface area (Å²) in [6, 6.07) is 12.5. The molecule has 5 nitrogen and oxygen atoms in total. The second kappa shape index (κ2) is 7.44. The van der Waals surface area contributed by atoms with Crippen molar-refractivity contribution < 1.29 is 4.79 Å². The molecule has 2 unspecified atom stereocenters. The van der Waals surface area contributed by atoms with Gasteiger partial charge in [0, 0.05) is 56.2 Å². The summed E-state index contributed by atoms with van der Waals surface area (Å²) in [4.78, 5) is 25.6. The van der Waals surface area contributed by atoms with Gasteiger partial charge in [-0.2, -0.15) is 0 Å². The second-order valence-electron chi connectivity index (χ2n) is 7.58. The van der Waals surface area contributed by atoms with E-state index in [9.17, 15) is 4.79 Å². The first kappa shape index (κ1) is 17.0. The topological polar surface area (TPSA) is 49.3 Å². The first-order valence-corrected chi connectivity index (χ1v) is 9.54. The summed E-state index contributed by atoms with van der Waals surface area (Å²) in [5.41, 5.74) is 2.32. The molecule has 2 atom stereocenters. The fourth-order valence-corrected chi connectivity index (χ4v) is 4.24. The van der Waals surface area contributed by atoms with E-state index >= 15 is 0 Å². The number of carbonyl (C=O) groups is 1. The largest absolute Gasteiger partial charge is 0.356 e. The first-order chi connectivity index (χ1) is 12.7. The van der Waals surface area contributed by atoms with Gasteiger partial charge in [0.2, 0.25) is 5.91 Å². The Labute approximate surface area is 155 Å². The lowest BCUT2D eigenvalue weighted by Gasteiger charge is -2.22. The Morgan fingerprint density at radius 3 is 2.50 bits per heavy atom. The van der Waals surface area contributed by atoms with Gasteiger partial charge in [0.05, 0.1) is 0 Å². The van der Waals surface area contributed by atoms with Crippen LogP contribution < -0.4 is 4.90 Å². The van der Waals surface area contributed by atoms with Crippen LogP contribution in [-0.4, -0.2) is 47.0 Å². The average molecular weight is 350 g/mol. The molecule has 3 heterocycles. The third-order valence-corrected chi connectivity index (χ3v) is 5.65. The number of hydrogen-bond acceptors (Lipinski definition) is 4. The molecular formula is C21H26N4O. The van der Waals surface area contributed by atoms with Crippen LogP contribution in [0.25, 0.3) is 0 Å². The van der Waals surface area contributed by atoms with Gasteiger partial charge in [0.1, 0.15) is 12.1 Å². The van der Waals surface area contributed by atoms with Crippen molar-refractivity contribution in [3.8, 4) is 0 Å². The highest BCUT2D eigenvalue weighted by molar-refractivity contribution is 5.76. The third kappa shape index (κ3) is 3.71. The molecule has 1 amide bonds. The lowest BCUT2D eigenvalue weighted by Crippen LogP contribution is -2.33. The van der Waals surface area contributed by atoms with Crippen molar-refractivity contribution in [1.82, 2.24) is 14.9 Å². The van der Waals surface area contributed by atoms with Crippen molar-refractivity contribution in [2.24, 2.45) is 11.8 Å². The summed E-state index contributed by atoms with van der Waals surface area (Å²) >= 11 is 0. The van der Waals surface area contributed by atoms with Crippen LogP contribution >= 0.6 is 0 Å². The van der Waals surface area contributed by atoms with Gasteiger partial charge in [0.15, 0.2) is 0 Å². The van der Waals surface area contributed by atoms with Gasteiger partial charge < -0.3 is 9.80 Å². The Balaban J connectivity index is 1.26. The summed E-state index contributed by atoms with van der Waals surface area (Å²) in [6.07, 6.45) is 4.21. The number of carbonyl (C=O) groups excluding carboxylic acids is 1. The summed E-state index contributed by atoms with van der Waals surface area (Å²) < 4.78 is 0. The van der Waals surface area contributed by atoms with Crippen molar-refractivity contribution >= 4 is 11.7 Å². The van der Waals surface area contributed by atoms with E-state index in [1.807, 2.05) is 19.1 Å². The molecule has 0 aliphatic carbocycles. The van der Waals surface area contributed by atoms with E-state index in [-0.39, 0.29) is 0 Å². The number of amides is 1. The Morgan fingerprint density at radius 1 is 1.08 bits per heavy atom. The summed E-state index contributed by atoms with van der Waals surface area (Å²) in [5, 5.41) is 0. The van der Waals surface area contributed by atoms with Gasteiger partial charge in [-0.15, -0.1) is 0 Å². The second-order valence-corrected chi connectivity index (χ2v) is 7.58. The molecule has 1 aromatic heterocycles. The monoisotopic (exact) mass is 350 g/mol. The number of nitrogens with zero attached hydrogens (tertiary/aromatic N) is 4. The minimum atomic E-state index is 0.319. The van der Waals surface area contributed by atoms with Crippen molar-refractivity contribution in [2.75, 3.05) is 31.1 Å². The summed E-state index contributed by atoms with van der Waals surface area (Å²) in [5.74, 6) is 2.49. The maximum absolute atomic E-state index is 12.6. The van der Waals surface area contributed by atoms with Crippen molar-refractivity contribution in [2.45, 2.75) is 26.2 Å². The normalized spacial score (nSPS) is 21.9. The van der Waals surface area contributed by atoms with Crippen molar-refractivity contribution in [1.29, 1.82) is 0 Å². The predicted molar refractivity (Wildman–Crippen MR) is 102 cm³/mol. The Hall–Kier alpha value is -2.43. The predicted octanol–water partition coefficient (Wildman–Crippen LogP) is 2.70. The summed E-state index contributed by atoms with van der Waals surface area (Å²) in [6.45, 7) is 5.78. The fourth-order valence-electron chi connectivity index (χ4n) is 4.24. The van der Waals surface area contributed by atoms with E-state index in [4.69, 9.17) is 0 Å². The molecule has 2 fully saturated rings. The van der Waals surface area contributed by atoms with Crippen molar-refractivity contribution in [3.05, 3.63) is 54.0 Å². The molecule has 2 aliphatic heterocycles. The Kier molecular flexibility index (Phi) is 4.87. The van der Waals surface area contributed by atoms with Crippen LogP contribution in [0.3, 0.4) is 0 Å². The van der Waals surface area contributed by atoms with Gasteiger partial charge in [-0.25, -0.2) is 9.97 Å². The lowest BCUT2D eigenvalue weighted by molar-refractivity contribution is -0.130. The zero-order valence-electron chi connectivity index (χ0n) is 15.3. The third-order valence-electron chi connectivity index (χ3n) is 5.65. The minimum absolute atomic E-state index is 0.319. The molecule has 1 aromatic carbocycles. The van der Waals surface area contributed by atoms with E-state index in [0.29, 0.717) is 24.2 Å². The van der Waals surface area contributed by atoms with E-state index in [0.717, 1.165) is 50.5 Å². The molecule has 0 saturated carbocycles. The van der Waals surface area contributed by atoms with E-state index in [1.165, 1.54) is 5.56 Å². The fraction of sp³-hybridized carbons (Fsp3) is 0.476. The Bertz CT molecular complexity index is 750. The van der Waals surface area contributed by atoms with Crippen LogP contribution in [0.2, 0.25) is 0 Å². The molecule has 5 heteroatoms. The van der Waals surface area contributed by atoms with Crippen LogP contribution in [0.1, 0.15) is 24.1 Å². The molecule has 0 N–H and O–H groups in total. The Morgan fingerprint density at radius 2 is 1.81 bits per heavy atom. The van der Waals surface area contributed by atoms with Gasteiger partial charge in [-0.1, -0.05) is 30.3 Å². The first-order valence-electron chi connectivity index (χ1n) is 9.54. The number of hydrogen-bond donors (Lipinski definition) is 0. The van der Waals surface area contributed by atoms with E-state index < -0.39 is 0 Å². The SMILES string of the molecule is Cc1cc(N2CC3CN(C(=O)CCCc4ccccc4)CC3C2)ncn1. The highest BCUT2D eigenvalue weighted by atomic mass is 16.2. The molecule has 0 bridgehead atoms. The highest BCUT2D eigenvalue weighted by Gasteiger charge is 2.41. The molecule has 0 radical (unpaired) electrons. The van der Waals surface area contributed by atoms with Gasteiger partial charge in [-0.3, -0.25) is 4.79 Å². The quantitative estimate of drug-likeness (QED) is 0.832. The highest BCUT2D eigenvalue weighted by Crippen LogP contribution is 2.33. The number of rotatable bonds is 5. The summed E-state index contributed by atoms with van der Waals surface area (Å²) in [7, 11) is 0. The maximum Gasteiger partial charge on any atom is 0.222 e. The smallest absolute Gasteiger partial charge is 0.222 e. The zero-order valence-corrected chi connectivity index (χ0v) is 15.3. The molecule has 4 rings (SSSR count). The number of fused-ring (bicyclic) bond motifs is 1. The zero-order chi connectivity index (χ0) is 17.9. The van der Waals surface area contributed by atoms with E-state index in [2.05, 4.69) is 44.0 Å². The van der Waals surface area contributed by atoms with Gasteiger partial charge in [0.25, 0.3) is 0 Å². The molecule has 2 aromatic rings. The molecule has 2 aliphatic rings. The van der Waals surface area contributed by atoms with Crippen LogP contribution in [0.5, 0.6) is 0 Å². The van der Waals surface area contributed by atoms with E-state index in [1.54, 1.807) is 6.33 Å². The molecule has 26 heavy (non-hydrogen) atoms. The standard InChI is InChI=1S/C21H26N4O/c1-16-10-20(23-15-22-16)24-11-18-13-25(14-19(18)12-24)21(26)9-5-8-17-6-3-2-4-7-17/h2-4,6-7,10,15,18-19H,5,8-9,11-14H2,1H3. The molecular weight excluding hydrogens is 324 g/mol. The van der Waals surface area contributed by atoms with Gasteiger partial charge in [-0.05, 0) is 25.3 Å². The molecule has 2 saturated heterocycles. The maximum atomic E-state index is 12.6. The number of anilines is 1. The van der Waals surface area contributed by atoms with Crippen LogP contribution in [0.15, 0.2) is 42.7 Å². The molecule has 136 valence electrons. The number of benzene rings is 1. The van der Waals surface area contributed by atoms with Gasteiger partial charge >= 0.3 is 0 Å². The number of likely N-dealkylation sites (tertiary alicyclic amines) is 1. The number of aromatic nitrogens is 2. The van der Waals surface area contributed by atoms with Crippen molar-refractivity contribution in [3.63, 3.8) is 0 Å². The number of aryl methyl sites for hydroxylation is 2. The van der Waals surface area contributed by atoms with Crippen LogP contribution in [-0.2, 0) is 11.2 Å².